The molecular formula is C15H25N3O. The van der Waals surface area contributed by atoms with Crippen molar-refractivity contribution in [2.24, 2.45) is 0 Å². The minimum Gasteiger partial charge on any atom is -0.492 e. The van der Waals surface area contributed by atoms with Crippen molar-refractivity contribution < 1.29 is 4.74 Å². The van der Waals surface area contributed by atoms with Gasteiger partial charge in [-0.25, -0.2) is 0 Å². The minimum absolute atomic E-state index is 0.737. The fraction of sp³-hybridized carbons (Fsp3) is 0.600. The van der Waals surface area contributed by atoms with Crippen LogP contribution in [0.5, 0.6) is 5.75 Å². The third-order valence-electron chi connectivity index (χ3n) is 3.51. The highest BCUT2D eigenvalue weighted by molar-refractivity contribution is 5.49. The summed E-state index contributed by atoms with van der Waals surface area (Å²) in [5, 5.41) is 0. The molecule has 1 aliphatic heterocycles. The number of piperazine rings is 1. The van der Waals surface area contributed by atoms with Crippen LogP contribution in [0.15, 0.2) is 24.3 Å². The summed E-state index contributed by atoms with van der Waals surface area (Å²) >= 11 is 0. The van der Waals surface area contributed by atoms with E-state index in [4.69, 9.17) is 4.74 Å². The van der Waals surface area contributed by atoms with Gasteiger partial charge in [0, 0.05) is 38.4 Å². The van der Waals surface area contributed by atoms with Crippen molar-refractivity contribution in [2.45, 2.75) is 0 Å². The van der Waals surface area contributed by atoms with Crippen LogP contribution in [0.4, 0.5) is 5.69 Å². The zero-order valence-electron chi connectivity index (χ0n) is 12.3. The van der Waals surface area contributed by atoms with E-state index in [2.05, 4.69) is 60.1 Å². The lowest BCUT2D eigenvalue weighted by Crippen LogP contribution is -2.44. The molecule has 0 amide bonds. The fourth-order valence-corrected chi connectivity index (χ4v) is 2.16. The molecule has 0 unspecified atom stereocenters. The van der Waals surface area contributed by atoms with Crippen molar-refractivity contribution in [3.63, 3.8) is 0 Å². The van der Waals surface area contributed by atoms with Gasteiger partial charge in [-0.15, -0.1) is 0 Å². The molecule has 2 rings (SSSR count). The Kier molecular flexibility index (Phi) is 5.05. The Morgan fingerprint density at radius 1 is 1.05 bits per heavy atom. The summed E-state index contributed by atoms with van der Waals surface area (Å²) in [5.74, 6) is 0.958. The van der Waals surface area contributed by atoms with Gasteiger partial charge in [0.25, 0.3) is 0 Å². The Labute approximate surface area is 116 Å². The first-order valence-electron chi connectivity index (χ1n) is 6.96. The zero-order valence-corrected chi connectivity index (χ0v) is 12.3. The first-order chi connectivity index (χ1) is 9.15. The number of nitrogens with zero attached hydrogens (tertiary/aromatic N) is 3. The first kappa shape index (κ1) is 14.2. The van der Waals surface area contributed by atoms with Crippen LogP contribution in [0.25, 0.3) is 0 Å². The van der Waals surface area contributed by atoms with E-state index < -0.39 is 0 Å². The Morgan fingerprint density at radius 2 is 1.68 bits per heavy atom. The largest absolute Gasteiger partial charge is 0.492 e. The number of hydrogen-bond acceptors (Lipinski definition) is 4. The van der Waals surface area contributed by atoms with Gasteiger partial charge in [0.1, 0.15) is 12.4 Å². The molecule has 4 nitrogen and oxygen atoms in total. The molecular weight excluding hydrogens is 238 g/mol. The van der Waals surface area contributed by atoms with Crippen LogP contribution >= 0.6 is 0 Å². The van der Waals surface area contributed by atoms with E-state index in [1.54, 1.807) is 0 Å². The molecule has 1 saturated heterocycles. The molecule has 1 aliphatic rings. The van der Waals surface area contributed by atoms with E-state index in [9.17, 15) is 0 Å². The molecule has 0 radical (unpaired) electrons. The average molecular weight is 263 g/mol. The summed E-state index contributed by atoms with van der Waals surface area (Å²) < 4.78 is 5.71. The molecule has 0 aromatic heterocycles. The first-order valence-corrected chi connectivity index (χ1v) is 6.96. The van der Waals surface area contributed by atoms with Crippen LogP contribution in [0.2, 0.25) is 0 Å². The summed E-state index contributed by atoms with van der Waals surface area (Å²) in [6, 6.07) is 8.47. The van der Waals surface area contributed by atoms with Crippen molar-refractivity contribution in [2.75, 3.05) is 65.4 Å². The number of likely N-dealkylation sites (N-methyl/N-ethyl adjacent to an activating group) is 2. The molecule has 0 spiro atoms. The summed E-state index contributed by atoms with van der Waals surface area (Å²) in [4.78, 5) is 6.93. The van der Waals surface area contributed by atoms with E-state index in [1.807, 2.05) is 0 Å². The van der Waals surface area contributed by atoms with Crippen LogP contribution < -0.4 is 9.64 Å². The van der Waals surface area contributed by atoms with Gasteiger partial charge < -0.3 is 19.4 Å². The predicted octanol–water partition coefficient (Wildman–Crippen LogP) is 1.38. The van der Waals surface area contributed by atoms with Crippen molar-refractivity contribution in [3.8, 4) is 5.75 Å². The van der Waals surface area contributed by atoms with Crippen LogP contribution in [0.3, 0.4) is 0 Å². The number of benzene rings is 1. The normalized spacial score (nSPS) is 16.9. The highest BCUT2D eigenvalue weighted by Crippen LogP contribution is 2.20. The standard InChI is InChI=1S/C15H25N3O/c1-16(2)12-13-19-15-6-4-14(5-7-15)18-10-8-17(3)9-11-18/h4-7H,8-13H2,1-3H3. The Morgan fingerprint density at radius 3 is 2.26 bits per heavy atom. The lowest BCUT2D eigenvalue weighted by Gasteiger charge is -2.34. The molecule has 0 atom stereocenters. The van der Waals surface area contributed by atoms with E-state index in [-0.39, 0.29) is 0 Å². The summed E-state index contributed by atoms with van der Waals surface area (Å²) in [7, 11) is 6.29. The van der Waals surface area contributed by atoms with Gasteiger partial charge in [0.05, 0.1) is 0 Å². The van der Waals surface area contributed by atoms with Gasteiger partial charge in [0.15, 0.2) is 0 Å². The molecule has 0 saturated carbocycles. The molecule has 0 N–H and O–H groups in total. The highest BCUT2D eigenvalue weighted by atomic mass is 16.5. The molecule has 0 aliphatic carbocycles. The van der Waals surface area contributed by atoms with Gasteiger partial charge in [0.2, 0.25) is 0 Å². The molecule has 19 heavy (non-hydrogen) atoms. The maximum atomic E-state index is 5.71. The maximum Gasteiger partial charge on any atom is 0.119 e. The number of anilines is 1. The van der Waals surface area contributed by atoms with Crippen LogP contribution in [-0.2, 0) is 0 Å². The Hall–Kier alpha value is -1.26. The van der Waals surface area contributed by atoms with Crippen LogP contribution in [-0.4, -0.2) is 70.3 Å². The second-order valence-electron chi connectivity index (χ2n) is 5.44. The fourth-order valence-electron chi connectivity index (χ4n) is 2.16. The molecule has 1 heterocycles. The SMILES string of the molecule is CN(C)CCOc1ccc(N2CCN(C)CC2)cc1. The molecule has 1 fully saturated rings. The number of ether oxygens (including phenoxy) is 1. The number of hydrogen-bond donors (Lipinski definition) is 0. The number of rotatable bonds is 5. The second kappa shape index (κ2) is 6.78. The van der Waals surface area contributed by atoms with Crippen LogP contribution in [0.1, 0.15) is 0 Å². The van der Waals surface area contributed by atoms with Gasteiger partial charge in [-0.05, 0) is 45.4 Å². The van der Waals surface area contributed by atoms with Gasteiger partial charge in [-0.2, -0.15) is 0 Å². The minimum atomic E-state index is 0.737. The van der Waals surface area contributed by atoms with Gasteiger partial charge in [-0.1, -0.05) is 0 Å². The third-order valence-corrected chi connectivity index (χ3v) is 3.51. The van der Waals surface area contributed by atoms with Crippen molar-refractivity contribution in [3.05, 3.63) is 24.3 Å². The van der Waals surface area contributed by atoms with Crippen LogP contribution in [0, 0.1) is 0 Å². The van der Waals surface area contributed by atoms with Crippen molar-refractivity contribution in [1.29, 1.82) is 0 Å². The van der Waals surface area contributed by atoms with Gasteiger partial charge >= 0.3 is 0 Å². The molecule has 0 bridgehead atoms. The summed E-state index contributed by atoms with van der Waals surface area (Å²) in [6.45, 7) is 6.18. The van der Waals surface area contributed by atoms with E-state index in [0.717, 1.165) is 45.1 Å². The van der Waals surface area contributed by atoms with E-state index >= 15 is 0 Å². The van der Waals surface area contributed by atoms with E-state index in [1.165, 1.54) is 5.69 Å². The summed E-state index contributed by atoms with van der Waals surface area (Å²) in [5.41, 5.74) is 1.30. The molecule has 106 valence electrons. The average Bonchev–Trinajstić information content (AvgIpc) is 2.40. The molecule has 4 heteroatoms. The molecule has 1 aromatic carbocycles. The van der Waals surface area contributed by atoms with Gasteiger partial charge in [-0.3, -0.25) is 0 Å². The predicted molar refractivity (Wildman–Crippen MR) is 80.2 cm³/mol. The van der Waals surface area contributed by atoms with E-state index in [0.29, 0.717) is 0 Å². The zero-order chi connectivity index (χ0) is 13.7. The Bertz CT molecular complexity index is 369. The lowest BCUT2D eigenvalue weighted by molar-refractivity contribution is 0.261. The second-order valence-corrected chi connectivity index (χ2v) is 5.44. The monoisotopic (exact) mass is 263 g/mol. The molecule has 1 aromatic rings. The summed E-state index contributed by atoms with van der Waals surface area (Å²) in [6.07, 6.45) is 0. The topological polar surface area (TPSA) is 19.0 Å². The maximum absolute atomic E-state index is 5.71. The lowest BCUT2D eigenvalue weighted by atomic mass is 10.2. The van der Waals surface area contributed by atoms with Crippen molar-refractivity contribution in [1.82, 2.24) is 9.80 Å². The Balaban J connectivity index is 1.84. The smallest absolute Gasteiger partial charge is 0.119 e. The highest BCUT2D eigenvalue weighted by Gasteiger charge is 2.13. The third kappa shape index (κ3) is 4.40. The quantitative estimate of drug-likeness (QED) is 0.799. The van der Waals surface area contributed by atoms with Crippen molar-refractivity contribution >= 4 is 5.69 Å².